The Morgan fingerprint density at radius 3 is 1.67 bits per heavy atom. The molecule has 0 atom stereocenters. The predicted molar refractivity (Wildman–Crippen MR) is 45.3 cm³/mol. The van der Waals surface area contributed by atoms with Crippen LogP contribution in [0.15, 0.2) is 24.2 Å². The summed E-state index contributed by atoms with van der Waals surface area (Å²) in [6.07, 6.45) is 0. The molecule has 0 aromatic carbocycles. The van der Waals surface area contributed by atoms with Crippen LogP contribution in [-0.2, 0) is 0 Å². The summed E-state index contributed by atoms with van der Waals surface area (Å²) < 4.78 is 15.0. The first-order chi connectivity index (χ1) is 5.79. The van der Waals surface area contributed by atoms with Gasteiger partial charge in [0.1, 0.15) is 0 Å². The van der Waals surface area contributed by atoms with Crippen LogP contribution >= 0.6 is 22.7 Å². The average molecular weight is 180 g/mol. The van der Waals surface area contributed by atoms with Gasteiger partial charge in [0.05, 0.1) is 0 Å². The Bertz CT molecular complexity index is 359. The molecule has 0 amide bonds. The van der Waals surface area contributed by atoms with Crippen LogP contribution in [0, 0.1) is 10.8 Å². The van der Waals surface area contributed by atoms with Gasteiger partial charge in [0, 0.05) is 0 Å². The van der Waals surface area contributed by atoms with Crippen molar-refractivity contribution >= 4 is 22.7 Å². The minimum Gasteiger partial charge on any atom is -0.309 e. The van der Waals surface area contributed by atoms with Gasteiger partial charge >= 0.3 is 37.7 Å². The Labute approximate surface area is 107 Å². The molecular formula is C8H4Li2S2. The molecule has 2 aromatic heterocycles. The van der Waals surface area contributed by atoms with Crippen molar-refractivity contribution in [2.24, 2.45) is 0 Å². The van der Waals surface area contributed by atoms with Crippen molar-refractivity contribution in [3.05, 3.63) is 35.0 Å². The van der Waals surface area contributed by atoms with Gasteiger partial charge in [-0.15, -0.1) is 10.8 Å². The van der Waals surface area contributed by atoms with E-state index in [0.29, 0.717) is 12.1 Å². The van der Waals surface area contributed by atoms with Gasteiger partial charge in [-0.1, -0.05) is 0 Å². The molecule has 0 unspecified atom stereocenters. The van der Waals surface area contributed by atoms with E-state index in [1.54, 1.807) is 12.1 Å². The molecule has 0 aliphatic rings. The van der Waals surface area contributed by atoms with Crippen molar-refractivity contribution in [2.45, 2.75) is 0 Å². The molecule has 2 rings (SSSR count). The van der Waals surface area contributed by atoms with Gasteiger partial charge < -0.3 is 22.7 Å². The fourth-order valence-electron chi connectivity index (χ4n) is 0.650. The molecule has 2 aromatic rings. The van der Waals surface area contributed by atoms with Gasteiger partial charge in [0.25, 0.3) is 0 Å². The number of hydrogen-bond donors (Lipinski definition) is 0. The molecule has 0 saturated carbocycles. The molecule has 0 fully saturated rings. The monoisotopic (exact) mass is 180 g/mol. The average Bonchev–Trinajstić information content (AvgIpc) is 2.59. The second-order valence-electron chi connectivity index (χ2n) is 1.68. The summed E-state index contributed by atoms with van der Waals surface area (Å²) in [4.78, 5) is 1.65. The second-order valence-corrected chi connectivity index (χ2v) is 3.37. The summed E-state index contributed by atoms with van der Waals surface area (Å²) in [7, 11) is 0. The third kappa shape index (κ3) is 2.82. The fourth-order valence-corrected chi connectivity index (χ4v) is 1.91. The summed E-state index contributed by atoms with van der Waals surface area (Å²) in [5, 5.41) is 5.75. The molecule has 0 spiro atoms. The quantitative estimate of drug-likeness (QED) is 0.326. The van der Waals surface area contributed by atoms with E-state index in [-0.39, 0.29) is 37.7 Å². The predicted octanol–water partition coefficient (Wildman–Crippen LogP) is -2.92. The van der Waals surface area contributed by atoms with E-state index in [2.05, 4.69) is 10.8 Å². The van der Waals surface area contributed by atoms with Gasteiger partial charge in [0.2, 0.25) is 0 Å². The smallest absolute Gasteiger partial charge is 0.309 e. The summed E-state index contributed by atoms with van der Waals surface area (Å²) >= 11 is 2.76. The molecule has 0 aliphatic carbocycles. The maximum atomic E-state index is 7.51. The summed E-state index contributed by atoms with van der Waals surface area (Å²) in [6.45, 7) is 0. The van der Waals surface area contributed by atoms with Crippen LogP contribution in [0.3, 0.4) is 0 Å². The van der Waals surface area contributed by atoms with Crippen molar-refractivity contribution < 1.29 is 40.5 Å². The zero-order chi connectivity index (χ0) is 8.55. The van der Waals surface area contributed by atoms with E-state index >= 15 is 0 Å². The van der Waals surface area contributed by atoms with Crippen molar-refractivity contribution in [1.29, 1.82) is 0 Å². The molecule has 0 aliphatic heterocycles. The van der Waals surface area contributed by atoms with Gasteiger partial charge in [0.15, 0.2) is 0 Å². The number of thiophene rings is 2. The first-order valence-electron chi connectivity index (χ1n) is 3.72. The Morgan fingerprint density at radius 1 is 1.00 bits per heavy atom. The largest absolute Gasteiger partial charge is 1.00 e. The summed E-state index contributed by atoms with van der Waals surface area (Å²) in [5.74, 6) is 0. The third-order valence-electron chi connectivity index (χ3n) is 1.05. The molecule has 0 N–H and O–H groups in total. The van der Waals surface area contributed by atoms with E-state index < -0.39 is 0 Å². The van der Waals surface area contributed by atoms with Crippen LogP contribution in [0.2, 0.25) is 0 Å². The fraction of sp³-hybridized carbons (Fsp3) is 0. The molecule has 0 bridgehead atoms. The van der Waals surface area contributed by atoms with Crippen molar-refractivity contribution in [3.63, 3.8) is 0 Å². The minimum atomic E-state index is 0. The van der Waals surface area contributed by atoms with Crippen LogP contribution in [-0.4, -0.2) is 0 Å². The van der Waals surface area contributed by atoms with Crippen LogP contribution in [0.1, 0.15) is 2.74 Å². The molecule has 0 saturated heterocycles. The number of hydrogen-bond acceptors (Lipinski definition) is 2. The molecule has 50 valence electrons. The van der Waals surface area contributed by atoms with E-state index in [1.807, 2.05) is 0 Å². The zero-order valence-corrected chi connectivity index (χ0v) is 8.60. The van der Waals surface area contributed by atoms with Gasteiger partial charge in [-0.3, -0.25) is 0 Å². The Morgan fingerprint density at radius 2 is 1.42 bits per heavy atom. The van der Waals surface area contributed by atoms with E-state index in [4.69, 9.17) is 2.74 Å². The van der Waals surface area contributed by atoms with Crippen molar-refractivity contribution in [1.82, 2.24) is 0 Å². The van der Waals surface area contributed by atoms with Crippen LogP contribution in [0.25, 0.3) is 9.75 Å². The number of rotatable bonds is 1. The van der Waals surface area contributed by atoms with Crippen molar-refractivity contribution in [2.75, 3.05) is 0 Å². The first kappa shape index (κ1) is 9.16. The molecule has 2 heterocycles. The van der Waals surface area contributed by atoms with E-state index in [0.717, 1.165) is 9.75 Å². The second kappa shape index (κ2) is 6.11. The summed E-state index contributed by atoms with van der Waals surface area (Å²) in [5.41, 5.74) is 0. The maximum Gasteiger partial charge on any atom is 1.00 e. The zero-order valence-electron chi connectivity index (χ0n) is 8.97. The Kier molecular flexibility index (Phi) is 4.66. The Hall–Kier alpha value is 0.595. The molecule has 0 radical (unpaired) electrons. The first-order valence-corrected chi connectivity index (χ1v) is 4.35. The maximum absolute atomic E-state index is 7.51. The van der Waals surface area contributed by atoms with Crippen molar-refractivity contribution in [3.8, 4) is 9.75 Å². The van der Waals surface area contributed by atoms with E-state index in [1.165, 1.54) is 22.7 Å². The molecular weight excluding hydrogens is 174 g/mol. The normalized spacial score (nSPS) is 10.7. The standard InChI is InChI=1S/C8H4S2.2Li/c1-3-7(9-5-1)8-4-2-6-10-8;;/h1-4H;;/q-2;2*+1/i3D,4D;;. The minimum absolute atomic E-state index is 0. The molecule has 4 heteroatoms. The topological polar surface area (TPSA) is 0 Å². The van der Waals surface area contributed by atoms with Gasteiger partial charge in [-0.25, -0.2) is 12.1 Å². The van der Waals surface area contributed by atoms with E-state index in [9.17, 15) is 0 Å². The van der Waals surface area contributed by atoms with Crippen LogP contribution in [0.4, 0.5) is 0 Å². The SMILES string of the molecule is [2H]c1c[c-]sc1-c1s[c-]cc1[2H].[Li+].[Li+]. The van der Waals surface area contributed by atoms with Gasteiger partial charge in [-0.05, 0) is 2.74 Å². The molecule has 12 heavy (non-hydrogen) atoms. The van der Waals surface area contributed by atoms with Gasteiger partial charge in [-0.2, -0.15) is 21.9 Å². The summed E-state index contributed by atoms with van der Waals surface area (Å²) in [6, 6.07) is 4.15. The Balaban J connectivity index is 0.000000845. The van der Waals surface area contributed by atoms with Crippen LogP contribution < -0.4 is 37.7 Å². The third-order valence-corrected chi connectivity index (χ3v) is 2.71. The van der Waals surface area contributed by atoms with Crippen LogP contribution in [0.5, 0.6) is 0 Å². The molecule has 0 nitrogen and oxygen atoms in total.